The summed E-state index contributed by atoms with van der Waals surface area (Å²) in [6.45, 7) is 1.05. The number of nitrogens with one attached hydrogen (secondary N) is 1. The maximum atomic E-state index is 13.4. The molecule has 2 aromatic carbocycles. The van der Waals surface area contributed by atoms with Crippen LogP contribution in [-0.4, -0.2) is 28.8 Å². The van der Waals surface area contributed by atoms with E-state index in [1.807, 2.05) is 12.1 Å². The van der Waals surface area contributed by atoms with Gasteiger partial charge in [-0.15, -0.1) is 0 Å². The highest BCUT2D eigenvalue weighted by molar-refractivity contribution is 6.09. The summed E-state index contributed by atoms with van der Waals surface area (Å²) in [5, 5.41) is 7.69. The van der Waals surface area contributed by atoms with Crippen molar-refractivity contribution >= 4 is 17.3 Å². The maximum absolute atomic E-state index is 13.4. The molecule has 160 valence electrons. The topological polar surface area (TPSA) is 76.2 Å². The van der Waals surface area contributed by atoms with E-state index in [-0.39, 0.29) is 12.5 Å². The van der Waals surface area contributed by atoms with Gasteiger partial charge in [0.2, 0.25) is 0 Å². The van der Waals surface area contributed by atoms with Crippen LogP contribution >= 0.6 is 0 Å². The molecule has 0 bridgehead atoms. The number of aromatic nitrogens is 2. The van der Waals surface area contributed by atoms with Gasteiger partial charge >= 0.3 is 6.18 Å². The van der Waals surface area contributed by atoms with E-state index in [1.165, 1.54) is 27.3 Å². The van der Waals surface area contributed by atoms with Crippen LogP contribution in [0.4, 0.5) is 24.5 Å². The second-order valence-corrected chi connectivity index (χ2v) is 7.78. The van der Waals surface area contributed by atoms with Gasteiger partial charge in [-0.25, -0.2) is 4.68 Å². The van der Waals surface area contributed by atoms with Gasteiger partial charge in [0.1, 0.15) is 11.9 Å². The summed E-state index contributed by atoms with van der Waals surface area (Å²) in [6, 6.07) is 10.5. The molecule has 1 aromatic heterocycles. The zero-order valence-corrected chi connectivity index (χ0v) is 16.5. The number of nitrogens with zero attached hydrogens (tertiary/aromatic N) is 3. The van der Waals surface area contributed by atoms with Crippen molar-refractivity contribution in [2.45, 2.75) is 25.2 Å². The van der Waals surface area contributed by atoms with Gasteiger partial charge in [-0.3, -0.25) is 4.79 Å². The van der Waals surface area contributed by atoms with Crippen LogP contribution in [0.2, 0.25) is 0 Å². The molecule has 2 aliphatic heterocycles. The molecule has 3 aromatic rings. The molecule has 0 unspecified atom stereocenters. The summed E-state index contributed by atoms with van der Waals surface area (Å²) >= 11 is 0. The predicted octanol–water partition coefficient (Wildman–Crippen LogP) is 4.04. The Labute approximate surface area is 176 Å². The molecule has 0 saturated carbocycles. The van der Waals surface area contributed by atoms with Crippen LogP contribution in [0.3, 0.4) is 0 Å². The number of carbonyl (C=O) groups excluding carboxylic acids is 1. The third kappa shape index (κ3) is 3.34. The Morgan fingerprint density at radius 2 is 1.90 bits per heavy atom. The third-order valence-electron chi connectivity index (χ3n) is 5.79. The number of benzene rings is 2. The highest BCUT2D eigenvalue weighted by Gasteiger charge is 2.35. The second-order valence-electron chi connectivity index (χ2n) is 7.78. The van der Waals surface area contributed by atoms with Gasteiger partial charge in [-0.1, -0.05) is 6.07 Å². The number of hydrogen-bond donors (Lipinski definition) is 2. The van der Waals surface area contributed by atoms with E-state index >= 15 is 0 Å². The molecule has 5 rings (SSSR count). The minimum absolute atomic E-state index is 0.117. The van der Waals surface area contributed by atoms with Gasteiger partial charge in [0.15, 0.2) is 0 Å². The van der Waals surface area contributed by atoms with E-state index in [2.05, 4.69) is 16.5 Å². The summed E-state index contributed by atoms with van der Waals surface area (Å²) < 4.78 is 40.2. The number of hydrogen-bond acceptors (Lipinski definition) is 4. The molecule has 3 heterocycles. The Hall–Kier alpha value is -3.33. The van der Waals surface area contributed by atoms with Crippen molar-refractivity contribution in [3.05, 3.63) is 65.5 Å². The first kappa shape index (κ1) is 19.6. The van der Waals surface area contributed by atoms with E-state index in [0.717, 1.165) is 42.8 Å². The van der Waals surface area contributed by atoms with Crippen LogP contribution in [0, 0.1) is 0 Å². The average molecular weight is 427 g/mol. The summed E-state index contributed by atoms with van der Waals surface area (Å²) in [6.07, 6.45) is -1.43. The first-order chi connectivity index (χ1) is 14.8. The lowest BCUT2D eigenvalue weighted by Gasteiger charge is -2.32. The standard InChI is InChI=1S/C22H20F3N5O/c23-22(24,25)15-4-6-16(7-5-15)29-12-19(26)30-20(21(29)31)17(11-28-30)13-3-8-18-14(10-13)2-1-9-27-18/h3-8,10-11,19,27H,1-2,9,12,26H2/t19-/m1/s1. The number of aryl methyl sites for hydroxylation is 1. The van der Waals surface area contributed by atoms with Crippen LogP contribution in [-0.2, 0) is 12.6 Å². The molecule has 9 heteroatoms. The molecule has 3 N–H and O–H groups in total. The monoisotopic (exact) mass is 427 g/mol. The van der Waals surface area contributed by atoms with Crippen LogP contribution in [0.15, 0.2) is 48.7 Å². The number of fused-ring (bicyclic) bond motifs is 2. The Balaban J connectivity index is 1.52. The highest BCUT2D eigenvalue weighted by atomic mass is 19.4. The summed E-state index contributed by atoms with van der Waals surface area (Å²) in [7, 11) is 0. The van der Waals surface area contributed by atoms with Gasteiger partial charge in [-0.05, 0) is 60.4 Å². The van der Waals surface area contributed by atoms with E-state index in [9.17, 15) is 18.0 Å². The maximum Gasteiger partial charge on any atom is 0.416 e. The third-order valence-corrected chi connectivity index (χ3v) is 5.79. The molecule has 0 aliphatic carbocycles. The van der Waals surface area contributed by atoms with Crippen molar-refractivity contribution in [3.63, 3.8) is 0 Å². The van der Waals surface area contributed by atoms with Crippen molar-refractivity contribution in [2.24, 2.45) is 5.73 Å². The van der Waals surface area contributed by atoms with Crippen LogP contribution in [0.5, 0.6) is 0 Å². The Kier molecular flexibility index (Phi) is 4.51. The van der Waals surface area contributed by atoms with Gasteiger partial charge in [0, 0.05) is 23.5 Å². The lowest BCUT2D eigenvalue weighted by atomic mass is 9.97. The molecule has 0 fully saturated rings. The van der Waals surface area contributed by atoms with Crippen LogP contribution < -0.4 is 16.0 Å². The fraction of sp³-hybridized carbons (Fsp3) is 0.273. The van der Waals surface area contributed by atoms with E-state index < -0.39 is 17.9 Å². The largest absolute Gasteiger partial charge is 0.416 e. The molecular weight excluding hydrogens is 407 g/mol. The number of carbonyl (C=O) groups is 1. The average Bonchev–Trinajstić information content (AvgIpc) is 3.22. The quantitative estimate of drug-likeness (QED) is 0.647. The molecule has 6 nitrogen and oxygen atoms in total. The Morgan fingerprint density at radius 3 is 2.65 bits per heavy atom. The van der Waals surface area contributed by atoms with Crippen LogP contribution in [0.1, 0.15) is 34.2 Å². The van der Waals surface area contributed by atoms with Crippen molar-refractivity contribution in [2.75, 3.05) is 23.3 Å². The lowest BCUT2D eigenvalue weighted by molar-refractivity contribution is -0.137. The number of amides is 1. The second kappa shape index (κ2) is 7.12. The number of anilines is 2. The molecule has 0 saturated heterocycles. The highest BCUT2D eigenvalue weighted by Crippen LogP contribution is 2.35. The van der Waals surface area contributed by atoms with Crippen molar-refractivity contribution < 1.29 is 18.0 Å². The Morgan fingerprint density at radius 1 is 1.13 bits per heavy atom. The lowest BCUT2D eigenvalue weighted by Crippen LogP contribution is -2.46. The SMILES string of the molecule is N[C@H]1CN(c2ccc(C(F)(F)F)cc2)C(=O)c2c(-c3ccc4c(c3)CCCN4)cnn21. The fourth-order valence-electron chi connectivity index (χ4n) is 4.21. The van der Waals surface area contributed by atoms with E-state index in [0.29, 0.717) is 16.9 Å². The molecule has 2 aliphatic rings. The molecule has 31 heavy (non-hydrogen) atoms. The minimum atomic E-state index is -4.44. The molecular formula is C22H20F3N5O. The van der Waals surface area contributed by atoms with Gasteiger partial charge in [0.05, 0.1) is 18.3 Å². The zero-order chi connectivity index (χ0) is 21.8. The van der Waals surface area contributed by atoms with Gasteiger partial charge in [-0.2, -0.15) is 18.3 Å². The summed E-state index contributed by atoms with van der Waals surface area (Å²) in [5.74, 6) is -0.343. The Bertz CT molecular complexity index is 1150. The summed E-state index contributed by atoms with van der Waals surface area (Å²) in [4.78, 5) is 14.8. The summed E-state index contributed by atoms with van der Waals surface area (Å²) in [5.41, 5.74) is 9.97. The number of alkyl halides is 3. The molecule has 1 atom stereocenters. The molecule has 0 spiro atoms. The number of nitrogens with two attached hydrogens (primary N) is 1. The first-order valence-electron chi connectivity index (χ1n) is 10.0. The van der Waals surface area contributed by atoms with Crippen molar-refractivity contribution in [1.82, 2.24) is 9.78 Å². The van der Waals surface area contributed by atoms with E-state index in [4.69, 9.17) is 5.73 Å². The van der Waals surface area contributed by atoms with Gasteiger partial charge < -0.3 is 16.0 Å². The van der Waals surface area contributed by atoms with Gasteiger partial charge in [0.25, 0.3) is 5.91 Å². The fourth-order valence-corrected chi connectivity index (χ4v) is 4.21. The van der Waals surface area contributed by atoms with Crippen LogP contribution in [0.25, 0.3) is 11.1 Å². The number of rotatable bonds is 2. The number of halogens is 3. The molecule has 1 amide bonds. The molecule has 0 radical (unpaired) electrons. The van der Waals surface area contributed by atoms with Crippen molar-refractivity contribution in [3.8, 4) is 11.1 Å². The van der Waals surface area contributed by atoms with Crippen molar-refractivity contribution in [1.29, 1.82) is 0 Å². The minimum Gasteiger partial charge on any atom is -0.385 e. The first-order valence-corrected chi connectivity index (χ1v) is 10.0. The normalized spacial score (nSPS) is 18.4. The predicted molar refractivity (Wildman–Crippen MR) is 111 cm³/mol. The van der Waals surface area contributed by atoms with E-state index in [1.54, 1.807) is 6.20 Å². The zero-order valence-electron chi connectivity index (χ0n) is 16.5. The smallest absolute Gasteiger partial charge is 0.385 e.